The fourth-order valence-corrected chi connectivity index (χ4v) is 2.40. The van der Waals surface area contributed by atoms with Crippen molar-refractivity contribution in [3.63, 3.8) is 0 Å². The van der Waals surface area contributed by atoms with E-state index in [0.29, 0.717) is 0 Å². The molecule has 106 valence electrons. The zero-order valence-corrected chi connectivity index (χ0v) is 11.1. The van der Waals surface area contributed by atoms with E-state index >= 15 is 0 Å². The van der Waals surface area contributed by atoms with E-state index in [9.17, 15) is 13.2 Å². The van der Waals surface area contributed by atoms with Gasteiger partial charge in [0.05, 0.1) is 19.2 Å². The number of pyridine rings is 1. The van der Waals surface area contributed by atoms with Gasteiger partial charge < -0.3 is 5.11 Å². The number of aryl methyl sites for hydroxylation is 1. The van der Waals surface area contributed by atoms with Crippen molar-refractivity contribution < 1.29 is 18.3 Å². The maximum atomic E-state index is 12.0. The Hall–Kier alpha value is -2.42. The minimum Gasteiger partial charge on any atom is -0.481 e. The van der Waals surface area contributed by atoms with Crippen molar-refractivity contribution in [1.29, 1.82) is 0 Å². The Morgan fingerprint density at radius 3 is 2.85 bits per heavy atom. The number of carboxylic acid groups (broad SMARTS) is 1. The van der Waals surface area contributed by atoms with Crippen LogP contribution in [0.2, 0.25) is 0 Å². The maximum Gasteiger partial charge on any atom is 0.305 e. The molecule has 2 rings (SSSR count). The van der Waals surface area contributed by atoms with E-state index in [4.69, 9.17) is 5.11 Å². The van der Waals surface area contributed by atoms with Crippen molar-refractivity contribution in [1.82, 2.24) is 14.8 Å². The first-order valence-corrected chi connectivity index (χ1v) is 7.14. The smallest absolute Gasteiger partial charge is 0.305 e. The molecule has 20 heavy (non-hydrogen) atoms. The van der Waals surface area contributed by atoms with E-state index in [1.54, 1.807) is 12.1 Å². The van der Waals surface area contributed by atoms with Gasteiger partial charge in [0.25, 0.3) is 10.0 Å². The number of rotatable bonds is 6. The van der Waals surface area contributed by atoms with Crippen LogP contribution in [0.4, 0.5) is 5.82 Å². The lowest BCUT2D eigenvalue weighted by Gasteiger charge is -2.04. The molecule has 2 heterocycles. The van der Waals surface area contributed by atoms with Crippen LogP contribution >= 0.6 is 0 Å². The van der Waals surface area contributed by atoms with Crippen LogP contribution in [0.3, 0.4) is 0 Å². The first kappa shape index (κ1) is 14.0. The minimum absolute atomic E-state index is 0.0476. The fraction of sp³-hybridized carbons (Fsp3) is 0.182. The number of aliphatic carboxylic acids is 1. The highest BCUT2D eigenvalue weighted by atomic mass is 32.2. The lowest BCUT2D eigenvalue weighted by Crippen LogP contribution is -2.13. The highest BCUT2D eigenvalue weighted by Gasteiger charge is 2.17. The highest BCUT2D eigenvalue weighted by Crippen LogP contribution is 2.13. The maximum absolute atomic E-state index is 12.0. The summed E-state index contributed by atoms with van der Waals surface area (Å²) in [5.74, 6) is -0.776. The standard InChI is InChI=1S/C11H12N4O4S/c16-11(17)4-6-15-8-9(7-13-15)20(18,19)14-10-3-1-2-5-12-10/h1-3,5,7-8H,4,6H2,(H,12,14)(H,16,17). The van der Waals surface area contributed by atoms with Crippen LogP contribution in [0.5, 0.6) is 0 Å². The summed E-state index contributed by atoms with van der Waals surface area (Å²) < 4.78 is 27.6. The SMILES string of the molecule is O=C(O)CCn1cc(S(=O)(=O)Nc2ccccn2)cn1. The summed E-state index contributed by atoms with van der Waals surface area (Å²) in [7, 11) is -3.77. The molecule has 0 fully saturated rings. The predicted octanol–water partition coefficient (Wildman–Crippen LogP) is 0.554. The zero-order valence-electron chi connectivity index (χ0n) is 10.3. The van der Waals surface area contributed by atoms with Crippen molar-refractivity contribution in [3.8, 4) is 0 Å². The second-order valence-corrected chi connectivity index (χ2v) is 5.59. The molecule has 0 aliphatic carbocycles. The van der Waals surface area contributed by atoms with E-state index in [1.807, 2.05) is 0 Å². The monoisotopic (exact) mass is 296 g/mol. The average molecular weight is 296 g/mol. The van der Waals surface area contributed by atoms with E-state index < -0.39 is 16.0 Å². The average Bonchev–Trinajstić information content (AvgIpc) is 2.86. The van der Waals surface area contributed by atoms with Crippen LogP contribution < -0.4 is 4.72 Å². The summed E-state index contributed by atoms with van der Waals surface area (Å²) in [6.45, 7) is 0.106. The van der Waals surface area contributed by atoms with E-state index in [-0.39, 0.29) is 23.7 Å². The van der Waals surface area contributed by atoms with Gasteiger partial charge in [0.15, 0.2) is 0 Å². The van der Waals surface area contributed by atoms with Crippen LogP contribution in [-0.4, -0.2) is 34.3 Å². The molecule has 2 N–H and O–H groups in total. The van der Waals surface area contributed by atoms with Crippen molar-refractivity contribution in [2.75, 3.05) is 4.72 Å². The number of carboxylic acids is 1. The summed E-state index contributed by atoms with van der Waals surface area (Å²) in [5, 5.41) is 12.4. The third-order valence-corrected chi connectivity index (χ3v) is 3.69. The summed E-state index contributed by atoms with van der Waals surface area (Å²) in [6.07, 6.45) is 3.77. The van der Waals surface area contributed by atoms with E-state index in [1.165, 1.54) is 23.1 Å². The first-order chi connectivity index (χ1) is 9.47. The molecule has 9 heteroatoms. The molecule has 2 aromatic rings. The minimum atomic E-state index is -3.77. The number of hydrogen-bond acceptors (Lipinski definition) is 5. The van der Waals surface area contributed by atoms with Gasteiger partial charge in [-0.05, 0) is 12.1 Å². The predicted molar refractivity (Wildman–Crippen MR) is 69.5 cm³/mol. The molecule has 0 aliphatic heterocycles. The van der Waals surface area contributed by atoms with Crippen LogP contribution in [0.1, 0.15) is 6.42 Å². The molecule has 0 saturated carbocycles. The lowest BCUT2D eigenvalue weighted by molar-refractivity contribution is -0.137. The van der Waals surface area contributed by atoms with Gasteiger partial charge in [-0.2, -0.15) is 5.10 Å². The molecule has 0 saturated heterocycles. The summed E-state index contributed by atoms with van der Waals surface area (Å²) in [5.41, 5.74) is 0. The van der Waals surface area contributed by atoms with Crippen molar-refractivity contribution in [3.05, 3.63) is 36.8 Å². The molecule has 2 aromatic heterocycles. The largest absolute Gasteiger partial charge is 0.481 e. The number of aromatic nitrogens is 3. The van der Waals surface area contributed by atoms with Gasteiger partial charge in [0.1, 0.15) is 10.7 Å². The number of nitrogens with zero attached hydrogens (tertiary/aromatic N) is 3. The van der Waals surface area contributed by atoms with Crippen LogP contribution in [0, 0.1) is 0 Å². The number of sulfonamides is 1. The van der Waals surface area contributed by atoms with Gasteiger partial charge in [-0.3, -0.25) is 14.2 Å². The third kappa shape index (κ3) is 3.54. The normalized spacial score (nSPS) is 11.2. The molecule has 0 aromatic carbocycles. The molecular weight excluding hydrogens is 284 g/mol. The zero-order chi connectivity index (χ0) is 14.6. The van der Waals surface area contributed by atoms with Crippen molar-refractivity contribution in [2.24, 2.45) is 0 Å². The van der Waals surface area contributed by atoms with E-state index in [0.717, 1.165) is 6.20 Å². The molecule has 0 amide bonds. The van der Waals surface area contributed by atoms with Gasteiger partial charge in [-0.15, -0.1) is 0 Å². The topological polar surface area (TPSA) is 114 Å². The fourth-order valence-electron chi connectivity index (χ4n) is 1.44. The van der Waals surface area contributed by atoms with Crippen LogP contribution in [0.25, 0.3) is 0 Å². The molecule has 0 atom stereocenters. The number of hydrogen-bond donors (Lipinski definition) is 2. The molecule has 0 bridgehead atoms. The van der Waals surface area contributed by atoms with Crippen LogP contribution in [-0.2, 0) is 21.4 Å². The van der Waals surface area contributed by atoms with Gasteiger partial charge in [-0.1, -0.05) is 6.07 Å². The van der Waals surface area contributed by atoms with E-state index in [2.05, 4.69) is 14.8 Å². The van der Waals surface area contributed by atoms with Crippen molar-refractivity contribution in [2.45, 2.75) is 17.9 Å². The van der Waals surface area contributed by atoms with Gasteiger partial charge >= 0.3 is 5.97 Å². The van der Waals surface area contributed by atoms with Gasteiger partial charge in [-0.25, -0.2) is 13.4 Å². The van der Waals surface area contributed by atoms with Gasteiger partial charge in [0.2, 0.25) is 0 Å². The Balaban J connectivity index is 2.12. The molecule has 0 unspecified atom stereocenters. The number of nitrogens with one attached hydrogen (secondary N) is 1. The Kier molecular flexibility index (Phi) is 3.99. The molecule has 0 aliphatic rings. The first-order valence-electron chi connectivity index (χ1n) is 5.65. The summed E-state index contributed by atoms with van der Waals surface area (Å²) >= 11 is 0. The molecular formula is C11H12N4O4S. The molecule has 0 spiro atoms. The number of carbonyl (C=O) groups is 1. The summed E-state index contributed by atoms with van der Waals surface area (Å²) in [4.78, 5) is 14.3. The van der Waals surface area contributed by atoms with Crippen LogP contribution in [0.15, 0.2) is 41.7 Å². The quantitative estimate of drug-likeness (QED) is 0.804. The third-order valence-electron chi connectivity index (χ3n) is 2.38. The Labute approximate surface area is 115 Å². The molecule has 8 nitrogen and oxygen atoms in total. The van der Waals surface area contributed by atoms with Crippen molar-refractivity contribution >= 4 is 21.8 Å². The Morgan fingerprint density at radius 1 is 1.40 bits per heavy atom. The highest BCUT2D eigenvalue weighted by molar-refractivity contribution is 7.92. The van der Waals surface area contributed by atoms with Gasteiger partial charge in [0, 0.05) is 12.4 Å². The summed E-state index contributed by atoms with van der Waals surface area (Å²) in [6, 6.07) is 4.84. The second kappa shape index (κ2) is 5.70. The Bertz CT molecular complexity index is 696. The second-order valence-electron chi connectivity index (χ2n) is 3.90. The Morgan fingerprint density at radius 2 is 2.20 bits per heavy atom. The number of anilines is 1. The lowest BCUT2D eigenvalue weighted by atomic mass is 10.4. The molecule has 0 radical (unpaired) electrons.